The van der Waals surface area contributed by atoms with Gasteiger partial charge in [0, 0.05) is 37.9 Å². The average molecular weight is 465 g/mol. The summed E-state index contributed by atoms with van der Waals surface area (Å²) >= 11 is 0. The number of hydrogen-bond acceptors (Lipinski definition) is 5. The van der Waals surface area contributed by atoms with Gasteiger partial charge < -0.3 is 10.2 Å². The van der Waals surface area contributed by atoms with Crippen molar-refractivity contribution in [3.8, 4) is 0 Å². The number of anilines is 2. The number of hydrogen-bond donors (Lipinski definition) is 1. The smallest absolute Gasteiger partial charge is 0.264 e. The largest absolute Gasteiger partial charge is 0.357 e. The molecule has 8 heteroatoms. The zero-order valence-corrected chi connectivity index (χ0v) is 19.5. The lowest BCUT2D eigenvalue weighted by Crippen LogP contribution is -2.31. The van der Waals surface area contributed by atoms with Crippen LogP contribution in [0.4, 0.5) is 11.5 Å². The Morgan fingerprint density at radius 3 is 2.52 bits per heavy atom. The van der Waals surface area contributed by atoms with Crippen molar-refractivity contribution in [2.45, 2.75) is 31.2 Å². The van der Waals surface area contributed by atoms with Crippen LogP contribution in [0, 0.1) is 0 Å². The lowest BCUT2D eigenvalue weighted by Gasteiger charge is -2.23. The summed E-state index contributed by atoms with van der Waals surface area (Å²) in [5.74, 6) is 0.599. The fourth-order valence-corrected chi connectivity index (χ4v) is 5.50. The maximum atomic E-state index is 13.3. The van der Waals surface area contributed by atoms with Crippen molar-refractivity contribution in [3.63, 3.8) is 0 Å². The van der Waals surface area contributed by atoms with Crippen molar-refractivity contribution in [1.29, 1.82) is 0 Å². The standard InChI is InChI=1S/C25H28N4O3S/c1-2-29(22-10-4-3-5-11-22)33(31,32)23-12-8-9-21(18-23)25(30)27-19-20-13-14-26-24(17-20)28-15-6-7-16-28/h3-5,8-14,17-18H,2,6-7,15-16,19H2,1H3,(H,27,30). The zero-order valence-electron chi connectivity index (χ0n) is 18.6. The van der Waals surface area contributed by atoms with E-state index in [1.54, 1.807) is 49.5 Å². The molecule has 172 valence electrons. The monoisotopic (exact) mass is 464 g/mol. The molecule has 2 heterocycles. The van der Waals surface area contributed by atoms with Gasteiger partial charge in [-0.25, -0.2) is 13.4 Å². The summed E-state index contributed by atoms with van der Waals surface area (Å²) in [5, 5.41) is 2.89. The number of carbonyl (C=O) groups excluding carboxylic acids is 1. The fraction of sp³-hybridized carbons (Fsp3) is 0.280. The molecule has 1 saturated heterocycles. The van der Waals surface area contributed by atoms with E-state index >= 15 is 0 Å². The fourth-order valence-electron chi connectivity index (χ4n) is 3.98. The highest BCUT2D eigenvalue weighted by Gasteiger charge is 2.24. The van der Waals surface area contributed by atoms with E-state index in [1.165, 1.54) is 29.3 Å². The number of nitrogens with zero attached hydrogens (tertiary/aromatic N) is 3. The van der Waals surface area contributed by atoms with Gasteiger partial charge in [-0.3, -0.25) is 9.10 Å². The molecule has 1 N–H and O–H groups in total. The maximum Gasteiger partial charge on any atom is 0.264 e. The molecule has 1 fully saturated rings. The molecule has 3 aromatic rings. The van der Waals surface area contributed by atoms with Gasteiger partial charge in [0.15, 0.2) is 0 Å². The highest BCUT2D eigenvalue weighted by molar-refractivity contribution is 7.92. The van der Waals surface area contributed by atoms with Gasteiger partial charge in [-0.05, 0) is 67.8 Å². The molecule has 2 aromatic carbocycles. The predicted octanol–water partition coefficient (Wildman–Crippen LogP) is 3.83. The van der Waals surface area contributed by atoms with E-state index in [2.05, 4.69) is 15.2 Å². The first kappa shape index (κ1) is 22.8. The third-order valence-electron chi connectivity index (χ3n) is 5.71. The SMILES string of the molecule is CCN(c1ccccc1)S(=O)(=O)c1cccc(C(=O)NCc2ccnc(N3CCCC3)c2)c1. The Labute approximate surface area is 195 Å². The van der Waals surface area contributed by atoms with Crippen molar-refractivity contribution in [2.75, 3.05) is 28.8 Å². The summed E-state index contributed by atoms with van der Waals surface area (Å²) in [7, 11) is -3.80. The van der Waals surface area contributed by atoms with Crippen molar-refractivity contribution in [1.82, 2.24) is 10.3 Å². The highest BCUT2D eigenvalue weighted by atomic mass is 32.2. The van der Waals surface area contributed by atoms with Crippen molar-refractivity contribution in [3.05, 3.63) is 84.1 Å². The number of para-hydroxylation sites is 1. The highest BCUT2D eigenvalue weighted by Crippen LogP contribution is 2.24. The van der Waals surface area contributed by atoms with E-state index < -0.39 is 10.0 Å². The van der Waals surface area contributed by atoms with Crippen LogP contribution in [-0.2, 0) is 16.6 Å². The second-order valence-corrected chi connectivity index (χ2v) is 9.79. The second kappa shape index (κ2) is 10.0. The minimum absolute atomic E-state index is 0.0843. The normalized spacial score (nSPS) is 13.7. The zero-order chi connectivity index (χ0) is 23.3. The molecule has 0 spiro atoms. The number of sulfonamides is 1. The number of nitrogens with one attached hydrogen (secondary N) is 1. The van der Waals surface area contributed by atoms with Crippen LogP contribution in [0.3, 0.4) is 0 Å². The minimum Gasteiger partial charge on any atom is -0.357 e. The topological polar surface area (TPSA) is 82.6 Å². The number of rotatable bonds is 8. The number of benzene rings is 2. The van der Waals surface area contributed by atoms with Gasteiger partial charge in [-0.1, -0.05) is 24.3 Å². The van der Waals surface area contributed by atoms with Gasteiger partial charge in [0.05, 0.1) is 10.6 Å². The van der Waals surface area contributed by atoms with Crippen LogP contribution in [0.25, 0.3) is 0 Å². The van der Waals surface area contributed by atoms with Crippen LogP contribution in [0.5, 0.6) is 0 Å². The molecule has 0 saturated carbocycles. The van der Waals surface area contributed by atoms with Gasteiger partial charge in [0.25, 0.3) is 15.9 Å². The number of pyridine rings is 1. The van der Waals surface area contributed by atoms with E-state index in [-0.39, 0.29) is 17.3 Å². The van der Waals surface area contributed by atoms with Crippen LogP contribution < -0.4 is 14.5 Å². The van der Waals surface area contributed by atoms with Crippen molar-refractivity contribution >= 4 is 27.4 Å². The molecule has 4 rings (SSSR count). The molecular weight excluding hydrogens is 436 g/mol. The van der Waals surface area contributed by atoms with E-state index in [0.717, 1.165) is 24.5 Å². The first-order valence-electron chi connectivity index (χ1n) is 11.1. The van der Waals surface area contributed by atoms with E-state index in [4.69, 9.17) is 0 Å². The Balaban J connectivity index is 1.48. The summed E-state index contributed by atoms with van der Waals surface area (Å²) in [6, 6.07) is 19.0. The molecule has 1 amide bonds. The third kappa shape index (κ3) is 5.17. The summed E-state index contributed by atoms with van der Waals surface area (Å²) in [4.78, 5) is 19.6. The van der Waals surface area contributed by atoms with Crippen LogP contribution in [0.1, 0.15) is 35.7 Å². The van der Waals surface area contributed by atoms with Gasteiger partial charge in [0.1, 0.15) is 5.82 Å². The Morgan fingerprint density at radius 1 is 1.03 bits per heavy atom. The summed E-state index contributed by atoms with van der Waals surface area (Å²) in [6.45, 7) is 4.41. The summed E-state index contributed by atoms with van der Waals surface area (Å²) < 4.78 is 27.9. The summed E-state index contributed by atoms with van der Waals surface area (Å²) in [6.07, 6.45) is 4.09. The molecule has 1 aliphatic rings. The molecule has 0 atom stereocenters. The molecule has 33 heavy (non-hydrogen) atoms. The Morgan fingerprint density at radius 2 is 1.79 bits per heavy atom. The molecule has 0 radical (unpaired) electrons. The number of carbonyl (C=O) groups is 1. The molecule has 0 aliphatic carbocycles. The van der Waals surface area contributed by atoms with Crippen LogP contribution in [0.2, 0.25) is 0 Å². The van der Waals surface area contributed by atoms with Gasteiger partial charge in [0.2, 0.25) is 0 Å². The van der Waals surface area contributed by atoms with Crippen LogP contribution in [0.15, 0.2) is 77.8 Å². The lowest BCUT2D eigenvalue weighted by molar-refractivity contribution is 0.0950. The maximum absolute atomic E-state index is 13.3. The van der Waals surface area contributed by atoms with Crippen molar-refractivity contribution < 1.29 is 13.2 Å². The Kier molecular flexibility index (Phi) is 6.93. The number of amides is 1. The third-order valence-corrected chi connectivity index (χ3v) is 7.61. The molecule has 0 unspecified atom stereocenters. The van der Waals surface area contributed by atoms with Gasteiger partial charge in [-0.2, -0.15) is 0 Å². The minimum atomic E-state index is -3.80. The van der Waals surface area contributed by atoms with E-state index in [0.29, 0.717) is 17.8 Å². The van der Waals surface area contributed by atoms with Crippen LogP contribution in [-0.4, -0.2) is 38.9 Å². The Bertz CT molecular complexity index is 1210. The lowest BCUT2D eigenvalue weighted by atomic mass is 10.2. The molecular formula is C25H28N4O3S. The summed E-state index contributed by atoms with van der Waals surface area (Å²) in [5.41, 5.74) is 1.83. The van der Waals surface area contributed by atoms with E-state index in [9.17, 15) is 13.2 Å². The quantitative estimate of drug-likeness (QED) is 0.548. The molecule has 0 bridgehead atoms. The average Bonchev–Trinajstić information content (AvgIpc) is 3.39. The first-order chi connectivity index (χ1) is 16.0. The van der Waals surface area contributed by atoms with Crippen molar-refractivity contribution in [2.24, 2.45) is 0 Å². The first-order valence-corrected chi connectivity index (χ1v) is 12.6. The predicted molar refractivity (Wildman–Crippen MR) is 130 cm³/mol. The second-order valence-electron chi connectivity index (χ2n) is 7.93. The number of aromatic nitrogens is 1. The van der Waals surface area contributed by atoms with Crippen LogP contribution >= 0.6 is 0 Å². The van der Waals surface area contributed by atoms with Gasteiger partial charge >= 0.3 is 0 Å². The molecule has 1 aliphatic heterocycles. The van der Waals surface area contributed by atoms with Gasteiger partial charge in [-0.15, -0.1) is 0 Å². The molecule has 1 aromatic heterocycles. The molecule has 7 nitrogen and oxygen atoms in total. The Hall–Kier alpha value is -3.39. The van der Waals surface area contributed by atoms with E-state index in [1.807, 2.05) is 18.2 Å².